The van der Waals surface area contributed by atoms with Crippen LogP contribution in [0, 0.1) is 0 Å². The third-order valence-electron chi connectivity index (χ3n) is 4.68. The predicted octanol–water partition coefficient (Wildman–Crippen LogP) is 3.91. The Hall–Kier alpha value is -1.70. The molecule has 4 nitrogen and oxygen atoms in total. The van der Waals surface area contributed by atoms with Gasteiger partial charge in [-0.15, -0.1) is 11.3 Å². The Balaban J connectivity index is 1.93. The van der Waals surface area contributed by atoms with Crippen LogP contribution >= 0.6 is 11.3 Å². The van der Waals surface area contributed by atoms with Crippen LogP contribution in [-0.4, -0.2) is 35.0 Å². The van der Waals surface area contributed by atoms with Gasteiger partial charge < -0.3 is 4.90 Å². The van der Waals surface area contributed by atoms with Crippen molar-refractivity contribution in [3.63, 3.8) is 0 Å². The van der Waals surface area contributed by atoms with Gasteiger partial charge in [0.25, 0.3) is 0 Å². The maximum atomic E-state index is 12.8. The van der Waals surface area contributed by atoms with Gasteiger partial charge in [0.15, 0.2) is 0 Å². The summed E-state index contributed by atoms with van der Waals surface area (Å²) in [5.74, 6) is -2.23. The van der Waals surface area contributed by atoms with Gasteiger partial charge in [0.05, 0.1) is 5.39 Å². The van der Waals surface area contributed by atoms with Gasteiger partial charge in [0.2, 0.25) is 5.82 Å². The fraction of sp³-hybridized carbons (Fsp3) is 0.562. The van der Waals surface area contributed by atoms with Gasteiger partial charge in [0, 0.05) is 18.0 Å². The molecule has 0 spiro atoms. The highest BCUT2D eigenvalue weighted by atomic mass is 32.1. The number of rotatable bonds is 3. The number of hydrogen-bond acceptors (Lipinski definition) is 5. The number of anilines is 1. The van der Waals surface area contributed by atoms with Crippen molar-refractivity contribution in [2.45, 2.75) is 50.7 Å². The van der Waals surface area contributed by atoms with Crippen LogP contribution in [0.2, 0.25) is 0 Å². The van der Waals surface area contributed by atoms with E-state index < -0.39 is 17.8 Å². The molecule has 2 aliphatic rings. The zero-order chi connectivity index (χ0) is 17.1. The fourth-order valence-electron chi connectivity index (χ4n) is 3.26. The van der Waals surface area contributed by atoms with Crippen molar-refractivity contribution >= 4 is 33.2 Å². The van der Waals surface area contributed by atoms with Crippen LogP contribution in [0.25, 0.3) is 10.2 Å². The molecule has 24 heavy (non-hydrogen) atoms. The average Bonchev–Trinajstić information content (AvgIpc) is 3.32. The lowest BCUT2D eigenvalue weighted by Gasteiger charge is -2.20. The lowest BCUT2D eigenvalue weighted by Crippen LogP contribution is -2.27. The summed E-state index contributed by atoms with van der Waals surface area (Å²) in [4.78, 5) is 23.3. The molecule has 0 aromatic carbocycles. The topological polar surface area (TPSA) is 46.1 Å². The second kappa shape index (κ2) is 5.40. The predicted molar refractivity (Wildman–Crippen MR) is 85.9 cm³/mol. The number of halogens is 3. The zero-order valence-corrected chi connectivity index (χ0v) is 13.9. The summed E-state index contributed by atoms with van der Waals surface area (Å²) < 4.78 is 38.5. The van der Waals surface area contributed by atoms with Gasteiger partial charge in [-0.3, -0.25) is 4.79 Å². The molecule has 0 aliphatic heterocycles. The minimum atomic E-state index is -4.96. The van der Waals surface area contributed by atoms with Crippen LogP contribution in [0.4, 0.5) is 19.0 Å². The number of aryl methyl sites for hydroxylation is 2. The van der Waals surface area contributed by atoms with Crippen molar-refractivity contribution < 1.29 is 18.0 Å². The third-order valence-corrected chi connectivity index (χ3v) is 5.87. The summed E-state index contributed by atoms with van der Waals surface area (Å²) in [7, 11) is 1.84. The summed E-state index contributed by atoms with van der Waals surface area (Å²) in [6.07, 6.45) is 1.00. The summed E-state index contributed by atoms with van der Waals surface area (Å²) >= 11 is 1.41. The van der Waals surface area contributed by atoms with E-state index in [0.29, 0.717) is 10.6 Å². The highest BCUT2D eigenvalue weighted by Crippen LogP contribution is 2.42. The lowest BCUT2D eigenvalue weighted by atomic mass is 9.97. The molecule has 128 valence electrons. The number of aromatic nitrogens is 2. The molecule has 0 unspecified atom stereocenters. The smallest absolute Gasteiger partial charge is 0.356 e. The second-order valence-corrected chi connectivity index (χ2v) is 7.51. The Morgan fingerprint density at radius 3 is 2.58 bits per heavy atom. The standard InChI is InChI=1S/C16H16F3N3OS/c1-22(8-6-7-8)14-11-9-4-2-3-5-10(9)24-15(11)21-13(20-14)12(23)16(17,18)19/h8H,2-7H2,1H3. The van der Waals surface area contributed by atoms with Crippen LogP contribution in [-0.2, 0) is 12.8 Å². The Morgan fingerprint density at radius 2 is 1.92 bits per heavy atom. The average molecular weight is 355 g/mol. The van der Waals surface area contributed by atoms with Crippen LogP contribution in [0.3, 0.4) is 0 Å². The van der Waals surface area contributed by atoms with E-state index in [-0.39, 0.29) is 6.04 Å². The number of Topliss-reactive ketones (excluding diaryl/α,β-unsaturated/α-hetero) is 1. The van der Waals surface area contributed by atoms with E-state index in [4.69, 9.17) is 0 Å². The van der Waals surface area contributed by atoms with E-state index in [9.17, 15) is 18.0 Å². The van der Waals surface area contributed by atoms with Crippen LogP contribution in [0.5, 0.6) is 0 Å². The molecule has 2 aromatic heterocycles. The Morgan fingerprint density at radius 1 is 1.21 bits per heavy atom. The summed E-state index contributed by atoms with van der Waals surface area (Å²) in [6.45, 7) is 0. The number of carbonyl (C=O) groups is 1. The van der Waals surface area contributed by atoms with Gasteiger partial charge in [-0.1, -0.05) is 0 Å². The van der Waals surface area contributed by atoms with Crippen molar-refractivity contribution in [1.82, 2.24) is 9.97 Å². The highest BCUT2D eigenvalue weighted by molar-refractivity contribution is 7.19. The number of alkyl halides is 3. The van der Waals surface area contributed by atoms with Gasteiger partial charge in [-0.05, 0) is 44.1 Å². The maximum Gasteiger partial charge on any atom is 0.458 e. The molecule has 0 N–H and O–H groups in total. The minimum Gasteiger partial charge on any atom is -0.356 e. The quantitative estimate of drug-likeness (QED) is 0.783. The first-order valence-corrected chi connectivity index (χ1v) is 8.84. The summed E-state index contributed by atoms with van der Waals surface area (Å²) in [5.41, 5.74) is 1.16. The molecule has 2 heterocycles. The molecule has 1 fully saturated rings. The molecule has 2 aliphatic carbocycles. The largest absolute Gasteiger partial charge is 0.458 e. The van der Waals surface area contributed by atoms with Crippen molar-refractivity contribution in [2.75, 3.05) is 11.9 Å². The number of nitrogens with zero attached hydrogens (tertiary/aromatic N) is 3. The minimum absolute atomic E-state index is 0.288. The molecule has 4 rings (SSSR count). The summed E-state index contributed by atoms with van der Waals surface area (Å²) in [5, 5.41) is 0.850. The number of fused-ring (bicyclic) bond motifs is 3. The van der Waals surface area contributed by atoms with Gasteiger partial charge in [-0.25, -0.2) is 9.97 Å². The maximum absolute atomic E-state index is 12.8. The Kier molecular flexibility index (Phi) is 3.56. The molecule has 0 bridgehead atoms. The first kappa shape index (κ1) is 15.8. The van der Waals surface area contributed by atoms with Gasteiger partial charge in [0.1, 0.15) is 10.6 Å². The van der Waals surface area contributed by atoms with E-state index in [1.165, 1.54) is 16.2 Å². The van der Waals surface area contributed by atoms with Gasteiger partial charge in [-0.2, -0.15) is 13.2 Å². The monoisotopic (exact) mass is 355 g/mol. The van der Waals surface area contributed by atoms with Crippen molar-refractivity contribution in [1.29, 1.82) is 0 Å². The number of thiophene rings is 1. The van der Waals surface area contributed by atoms with E-state index >= 15 is 0 Å². The molecular formula is C16H16F3N3OS. The fourth-order valence-corrected chi connectivity index (χ4v) is 4.51. The third kappa shape index (κ3) is 2.56. The van der Waals surface area contributed by atoms with Crippen LogP contribution in [0.1, 0.15) is 46.7 Å². The molecule has 8 heteroatoms. The first-order valence-electron chi connectivity index (χ1n) is 8.03. The second-order valence-electron chi connectivity index (χ2n) is 6.43. The van der Waals surface area contributed by atoms with E-state index in [1.807, 2.05) is 11.9 Å². The Labute approximate surface area is 140 Å². The summed E-state index contributed by atoms with van der Waals surface area (Å²) in [6, 6.07) is 0.288. The lowest BCUT2D eigenvalue weighted by molar-refractivity contribution is -0.0891. The number of hydrogen-bond donors (Lipinski definition) is 0. The van der Waals surface area contributed by atoms with Crippen molar-refractivity contribution in [3.8, 4) is 0 Å². The molecule has 1 saturated carbocycles. The Bertz CT molecular complexity index is 826. The SMILES string of the molecule is CN(c1nc(C(=O)C(F)(F)F)nc2sc3c(c12)CCCC3)C1CC1. The molecule has 0 amide bonds. The number of ketones is 1. The number of carbonyl (C=O) groups excluding carboxylic acids is 1. The first-order chi connectivity index (χ1) is 11.4. The molecule has 0 radical (unpaired) electrons. The molecule has 0 atom stereocenters. The van der Waals surface area contributed by atoms with Crippen LogP contribution in [0.15, 0.2) is 0 Å². The van der Waals surface area contributed by atoms with Crippen molar-refractivity contribution in [2.24, 2.45) is 0 Å². The van der Waals surface area contributed by atoms with E-state index in [1.54, 1.807) is 0 Å². The van der Waals surface area contributed by atoms with Crippen molar-refractivity contribution in [3.05, 3.63) is 16.3 Å². The molecule has 2 aromatic rings. The zero-order valence-electron chi connectivity index (χ0n) is 13.1. The highest BCUT2D eigenvalue weighted by Gasteiger charge is 2.42. The van der Waals surface area contributed by atoms with Gasteiger partial charge >= 0.3 is 12.0 Å². The normalized spacial score (nSPS) is 17.8. The van der Waals surface area contributed by atoms with E-state index in [2.05, 4.69) is 9.97 Å². The molecular weight excluding hydrogens is 339 g/mol. The molecule has 0 saturated heterocycles. The van der Waals surface area contributed by atoms with Crippen LogP contribution < -0.4 is 4.90 Å². The van der Waals surface area contributed by atoms with E-state index in [0.717, 1.165) is 49.5 Å².